The van der Waals surface area contributed by atoms with Crippen LogP contribution in [-0.2, 0) is 6.54 Å². The number of aromatic amines is 1. The highest BCUT2D eigenvalue weighted by Gasteiger charge is 2.06. The fourth-order valence-corrected chi connectivity index (χ4v) is 2.79. The second-order valence-electron chi connectivity index (χ2n) is 3.60. The molecule has 2 aromatic heterocycles. The van der Waals surface area contributed by atoms with Crippen LogP contribution in [0.5, 0.6) is 0 Å². The normalized spacial score (nSPS) is 11.1. The average molecular weight is 282 g/mol. The van der Waals surface area contributed by atoms with E-state index in [1.54, 1.807) is 17.5 Å². The Balaban J connectivity index is 2.17. The van der Waals surface area contributed by atoms with Gasteiger partial charge >= 0.3 is 0 Å². The fourth-order valence-electron chi connectivity index (χ4n) is 1.75. The first-order valence-corrected chi connectivity index (χ1v) is 6.67. The monoisotopic (exact) mass is 281 g/mol. The van der Waals surface area contributed by atoms with Crippen LogP contribution in [0.1, 0.15) is 5.01 Å². The zero-order chi connectivity index (χ0) is 11.8. The van der Waals surface area contributed by atoms with Crippen molar-refractivity contribution in [3.8, 4) is 0 Å². The number of imidazole rings is 1. The van der Waals surface area contributed by atoms with E-state index in [1.807, 2.05) is 28.1 Å². The highest BCUT2D eigenvalue weighted by atomic mass is 35.5. The summed E-state index contributed by atoms with van der Waals surface area (Å²) in [5.41, 5.74) is 2.01. The van der Waals surface area contributed by atoms with E-state index in [0.29, 0.717) is 16.3 Å². The maximum atomic E-state index is 6.01. The zero-order valence-corrected chi connectivity index (χ0v) is 11.1. The number of thiazole rings is 1. The summed E-state index contributed by atoms with van der Waals surface area (Å²) < 4.78 is 2.70. The van der Waals surface area contributed by atoms with Gasteiger partial charge in [-0.15, -0.1) is 11.3 Å². The molecule has 0 radical (unpaired) electrons. The molecule has 6 heteroatoms. The molecule has 2 heterocycles. The molecule has 0 atom stereocenters. The Morgan fingerprint density at radius 3 is 3.12 bits per heavy atom. The molecule has 0 saturated carbocycles. The number of fused-ring (bicyclic) bond motifs is 1. The predicted octanol–water partition coefficient (Wildman–Crippen LogP) is 3.86. The van der Waals surface area contributed by atoms with Gasteiger partial charge in [0.25, 0.3) is 0 Å². The number of nitrogens with zero attached hydrogens (tertiary/aromatic N) is 2. The van der Waals surface area contributed by atoms with Gasteiger partial charge in [0.15, 0.2) is 4.77 Å². The molecular formula is C11H8ClN3S2. The van der Waals surface area contributed by atoms with Gasteiger partial charge in [-0.1, -0.05) is 11.6 Å². The molecule has 1 aromatic carbocycles. The van der Waals surface area contributed by atoms with Gasteiger partial charge in [0.05, 0.1) is 17.6 Å². The molecule has 3 aromatic rings. The Morgan fingerprint density at radius 2 is 2.35 bits per heavy atom. The molecule has 86 valence electrons. The lowest BCUT2D eigenvalue weighted by atomic mass is 10.3. The van der Waals surface area contributed by atoms with Crippen molar-refractivity contribution in [3.63, 3.8) is 0 Å². The highest BCUT2D eigenvalue weighted by molar-refractivity contribution is 7.71. The number of halogens is 1. The van der Waals surface area contributed by atoms with Crippen LogP contribution in [0, 0.1) is 4.77 Å². The van der Waals surface area contributed by atoms with E-state index in [9.17, 15) is 0 Å². The number of aromatic nitrogens is 3. The van der Waals surface area contributed by atoms with Gasteiger partial charge in [-0.2, -0.15) is 0 Å². The summed E-state index contributed by atoms with van der Waals surface area (Å²) in [6.07, 6.45) is 1.80. The largest absolute Gasteiger partial charge is 0.331 e. The van der Waals surface area contributed by atoms with Crippen LogP contribution in [0.2, 0.25) is 5.02 Å². The van der Waals surface area contributed by atoms with E-state index >= 15 is 0 Å². The molecular weight excluding hydrogens is 274 g/mol. The van der Waals surface area contributed by atoms with Gasteiger partial charge in [-0.05, 0) is 30.4 Å². The van der Waals surface area contributed by atoms with Crippen LogP contribution in [-0.4, -0.2) is 14.5 Å². The van der Waals surface area contributed by atoms with Crippen LogP contribution >= 0.6 is 35.2 Å². The Bertz CT molecular complexity index is 712. The molecule has 0 aliphatic rings. The molecule has 3 rings (SSSR count). The Kier molecular flexibility index (Phi) is 2.74. The number of hydrogen-bond acceptors (Lipinski definition) is 3. The summed E-state index contributed by atoms with van der Waals surface area (Å²) in [4.78, 5) is 7.43. The minimum Gasteiger partial charge on any atom is -0.331 e. The number of rotatable bonds is 2. The molecule has 0 amide bonds. The molecule has 1 N–H and O–H groups in total. The summed E-state index contributed by atoms with van der Waals surface area (Å²) in [5, 5.41) is 3.70. The fraction of sp³-hybridized carbons (Fsp3) is 0.0909. The average Bonchev–Trinajstić information content (AvgIpc) is 2.90. The maximum Gasteiger partial charge on any atom is 0.178 e. The quantitative estimate of drug-likeness (QED) is 0.724. The van der Waals surface area contributed by atoms with Crippen molar-refractivity contribution in [1.82, 2.24) is 14.5 Å². The molecule has 0 aliphatic heterocycles. The van der Waals surface area contributed by atoms with Crippen LogP contribution in [0.4, 0.5) is 0 Å². The molecule has 0 spiro atoms. The molecule has 0 saturated heterocycles. The summed E-state index contributed by atoms with van der Waals surface area (Å²) in [5.74, 6) is 0. The van der Waals surface area contributed by atoms with Gasteiger partial charge in [0, 0.05) is 16.6 Å². The van der Waals surface area contributed by atoms with Crippen LogP contribution in [0.25, 0.3) is 11.0 Å². The highest BCUT2D eigenvalue weighted by Crippen LogP contribution is 2.20. The Hall–Kier alpha value is -1.17. The lowest BCUT2D eigenvalue weighted by Gasteiger charge is -2.01. The lowest BCUT2D eigenvalue weighted by molar-refractivity contribution is 0.803. The Morgan fingerprint density at radius 1 is 1.47 bits per heavy atom. The van der Waals surface area contributed by atoms with E-state index in [-0.39, 0.29) is 0 Å². The maximum absolute atomic E-state index is 6.01. The van der Waals surface area contributed by atoms with Crippen molar-refractivity contribution in [1.29, 1.82) is 0 Å². The van der Waals surface area contributed by atoms with E-state index in [4.69, 9.17) is 23.8 Å². The second-order valence-corrected chi connectivity index (χ2v) is 5.41. The SMILES string of the molecule is S=c1[nH]c2ccc(Cl)cc2n1Cc1nccs1. The molecule has 3 nitrogen and oxygen atoms in total. The van der Waals surface area contributed by atoms with Crippen molar-refractivity contribution in [3.05, 3.63) is 44.6 Å². The van der Waals surface area contributed by atoms with Crippen molar-refractivity contribution >= 4 is 46.2 Å². The topological polar surface area (TPSA) is 33.6 Å². The number of benzene rings is 1. The zero-order valence-electron chi connectivity index (χ0n) is 8.68. The third-order valence-electron chi connectivity index (χ3n) is 2.51. The van der Waals surface area contributed by atoms with Crippen molar-refractivity contribution in [2.45, 2.75) is 6.54 Å². The lowest BCUT2D eigenvalue weighted by Crippen LogP contribution is -1.98. The van der Waals surface area contributed by atoms with Gasteiger partial charge < -0.3 is 9.55 Å². The minimum atomic E-state index is 0.677. The van der Waals surface area contributed by atoms with Gasteiger partial charge in [0.1, 0.15) is 5.01 Å². The van der Waals surface area contributed by atoms with Crippen LogP contribution < -0.4 is 0 Å². The van der Waals surface area contributed by atoms with E-state index in [2.05, 4.69) is 9.97 Å². The van der Waals surface area contributed by atoms with E-state index in [1.165, 1.54) is 0 Å². The first-order chi connectivity index (χ1) is 8.24. The summed E-state index contributed by atoms with van der Waals surface area (Å²) in [6.45, 7) is 0.677. The van der Waals surface area contributed by atoms with Crippen molar-refractivity contribution < 1.29 is 0 Å². The Labute approximate surface area is 112 Å². The van der Waals surface area contributed by atoms with E-state index in [0.717, 1.165) is 16.0 Å². The standard InChI is InChI=1S/C11H8ClN3S2/c12-7-1-2-8-9(5-7)15(11(16)14-8)6-10-13-3-4-17-10/h1-5H,6H2,(H,14,16). The molecule has 17 heavy (non-hydrogen) atoms. The third kappa shape index (κ3) is 2.01. The molecule has 0 aliphatic carbocycles. The molecule has 0 bridgehead atoms. The van der Waals surface area contributed by atoms with Crippen LogP contribution in [0.3, 0.4) is 0 Å². The van der Waals surface area contributed by atoms with Gasteiger partial charge in [-0.25, -0.2) is 4.98 Å². The summed E-state index contributed by atoms with van der Waals surface area (Å²) in [6, 6.07) is 5.70. The minimum absolute atomic E-state index is 0.677. The smallest absolute Gasteiger partial charge is 0.178 e. The van der Waals surface area contributed by atoms with Crippen LogP contribution in [0.15, 0.2) is 29.8 Å². The number of H-pyrrole nitrogens is 1. The van der Waals surface area contributed by atoms with Crippen molar-refractivity contribution in [2.24, 2.45) is 0 Å². The molecule has 0 fully saturated rings. The first kappa shape index (κ1) is 11.0. The van der Waals surface area contributed by atoms with Gasteiger partial charge in [-0.3, -0.25) is 0 Å². The van der Waals surface area contributed by atoms with Crippen molar-refractivity contribution in [2.75, 3.05) is 0 Å². The molecule has 0 unspecified atom stereocenters. The van der Waals surface area contributed by atoms with E-state index < -0.39 is 0 Å². The predicted molar refractivity (Wildman–Crippen MR) is 73.3 cm³/mol. The number of hydrogen-bond donors (Lipinski definition) is 1. The third-order valence-corrected chi connectivity index (χ3v) is 3.84. The summed E-state index contributed by atoms with van der Waals surface area (Å²) in [7, 11) is 0. The second kappa shape index (κ2) is 4.25. The number of nitrogens with one attached hydrogen (secondary N) is 1. The summed E-state index contributed by atoms with van der Waals surface area (Å²) >= 11 is 12.9. The van der Waals surface area contributed by atoms with Gasteiger partial charge in [0.2, 0.25) is 0 Å². The first-order valence-electron chi connectivity index (χ1n) is 5.00.